The number of anilines is 1. The van der Waals surface area contributed by atoms with Crippen molar-refractivity contribution in [3.05, 3.63) is 29.3 Å². The number of nitrogens with two attached hydrogens (primary N) is 1. The lowest BCUT2D eigenvalue weighted by molar-refractivity contribution is 0.506. The molecule has 2 N–H and O–H groups in total. The predicted molar refractivity (Wildman–Crippen MR) is 58.0 cm³/mol. The highest BCUT2D eigenvalue weighted by Crippen LogP contribution is 2.22. The maximum Gasteiger partial charge on any atom is 0.182 e. The van der Waals surface area contributed by atoms with Gasteiger partial charge in [0.2, 0.25) is 0 Å². The molecule has 1 atom stereocenters. The number of halogens is 2. The first-order valence-electron chi connectivity index (χ1n) is 4.82. The average molecular weight is 214 g/mol. The lowest BCUT2D eigenvalue weighted by Crippen LogP contribution is -2.19. The van der Waals surface area contributed by atoms with Crippen LogP contribution in [0.5, 0.6) is 0 Å². The molecule has 0 heterocycles. The maximum absolute atomic E-state index is 13.3. The topological polar surface area (TPSA) is 29.3 Å². The summed E-state index contributed by atoms with van der Waals surface area (Å²) in [5.74, 6) is -1.63. The van der Waals surface area contributed by atoms with Crippen molar-refractivity contribution in [2.24, 2.45) is 5.73 Å². The molecule has 0 radical (unpaired) electrons. The van der Waals surface area contributed by atoms with Gasteiger partial charge in [-0.05, 0) is 31.0 Å². The zero-order valence-electron chi connectivity index (χ0n) is 9.22. The van der Waals surface area contributed by atoms with Crippen LogP contribution in [0.3, 0.4) is 0 Å². The highest BCUT2D eigenvalue weighted by Gasteiger charge is 2.12. The summed E-state index contributed by atoms with van der Waals surface area (Å²) in [6, 6.07) is 2.76. The second-order valence-electron chi connectivity index (χ2n) is 3.99. The smallest absolute Gasteiger partial charge is 0.182 e. The molecule has 0 spiro atoms. The van der Waals surface area contributed by atoms with Crippen molar-refractivity contribution in [1.29, 1.82) is 0 Å². The van der Waals surface area contributed by atoms with E-state index in [9.17, 15) is 8.78 Å². The molecule has 0 aliphatic heterocycles. The zero-order chi connectivity index (χ0) is 11.6. The van der Waals surface area contributed by atoms with Gasteiger partial charge in [-0.3, -0.25) is 0 Å². The molecule has 1 unspecified atom stereocenters. The van der Waals surface area contributed by atoms with Gasteiger partial charge in [-0.2, -0.15) is 0 Å². The van der Waals surface area contributed by atoms with Crippen molar-refractivity contribution in [3.8, 4) is 0 Å². The lowest BCUT2D eigenvalue weighted by Gasteiger charge is -2.16. The minimum absolute atomic E-state index is 0.0649. The molecule has 0 saturated carbocycles. The standard InChI is InChI=1S/C11H16F2N2/c1-7(14)4-8-5-9(12)11(13)10(6-8)15(2)3/h5-7H,4,14H2,1-3H3. The normalized spacial score (nSPS) is 12.7. The third-order valence-electron chi connectivity index (χ3n) is 2.11. The van der Waals surface area contributed by atoms with Gasteiger partial charge in [0.25, 0.3) is 0 Å². The molecule has 15 heavy (non-hydrogen) atoms. The van der Waals surface area contributed by atoms with Gasteiger partial charge in [-0.1, -0.05) is 0 Å². The zero-order valence-corrected chi connectivity index (χ0v) is 9.22. The highest BCUT2D eigenvalue weighted by atomic mass is 19.2. The summed E-state index contributed by atoms with van der Waals surface area (Å²) >= 11 is 0. The van der Waals surface area contributed by atoms with Crippen LogP contribution >= 0.6 is 0 Å². The van der Waals surface area contributed by atoms with E-state index in [0.29, 0.717) is 12.0 Å². The first-order chi connectivity index (χ1) is 6.91. The Morgan fingerprint density at radius 3 is 2.40 bits per heavy atom. The van der Waals surface area contributed by atoms with Crippen LogP contribution in [-0.4, -0.2) is 20.1 Å². The van der Waals surface area contributed by atoms with E-state index in [1.54, 1.807) is 25.1 Å². The second kappa shape index (κ2) is 4.57. The molecule has 0 aliphatic rings. The average Bonchev–Trinajstić information content (AvgIpc) is 2.09. The Balaban J connectivity index is 3.11. The summed E-state index contributed by atoms with van der Waals surface area (Å²) in [5.41, 5.74) is 6.58. The monoisotopic (exact) mass is 214 g/mol. The summed E-state index contributed by atoms with van der Waals surface area (Å²) in [6.07, 6.45) is 0.540. The van der Waals surface area contributed by atoms with Crippen LogP contribution in [0.25, 0.3) is 0 Å². The third-order valence-corrected chi connectivity index (χ3v) is 2.11. The van der Waals surface area contributed by atoms with Crippen LogP contribution in [0, 0.1) is 11.6 Å². The van der Waals surface area contributed by atoms with Crippen LogP contribution < -0.4 is 10.6 Å². The molecule has 0 fully saturated rings. The summed E-state index contributed by atoms with van der Waals surface area (Å²) in [7, 11) is 3.35. The third kappa shape index (κ3) is 2.89. The van der Waals surface area contributed by atoms with Crippen molar-refractivity contribution >= 4 is 5.69 Å². The van der Waals surface area contributed by atoms with Crippen LogP contribution in [0.1, 0.15) is 12.5 Å². The Labute approximate surface area is 88.7 Å². The Kier molecular flexibility index (Phi) is 3.63. The molecule has 1 aromatic rings. The maximum atomic E-state index is 13.3. The molecule has 1 aromatic carbocycles. The number of hydrogen-bond donors (Lipinski definition) is 1. The van der Waals surface area contributed by atoms with Gasteiger partial charge in [0.15, 0.2) is 11.6 Å². The number of benzene rings is 1. The summed E-state index contributed by atoms with van der Waals surface area (Å²) in [5, 5.41) is 0. The van der Waals surface area contributed by atoms with Gasteiger partial charge in [0.05, 0.1) is 5.69 Å². The Hall–Kier alpha value is -1.16. The summed E-state index contributed by atoms with van der Waals surface area (Å²) in [6.45, 7) is 1.83. The van der Waals surface area contributed by atoms with Crippen molar-refractivity contribution in [1.82, 2.24) is 0 Å². The van der Waals surface area contributed by atoms with E-state index in [-0.39, 0.29) is 11.7 Å². The molecule has 1 rings (SSSR count). The molecule has 4 heteroatoms. The van der Waals surface area contributed by atoms with Gasteiger partial charge in [-0.15, -0.1) is 0 Å². The predicted octanol–water partition coefficient (Wildman–Crippen LogP) is 1.92. The molecule has 0 bridgehead atoms. The first kappa shape index (κ1) is 11.9. The summed E-state index contributed by atoms with van der Waals surface area (Å²) < 4.78 is 26.5. The van der Waals surface area contributed by atoms with Gasteiger partial charge in [-0.25, -0.2) is 8.78 Å². The van der Waals surface area contributed by atoms with E-state index in [4.69, 9.17) is 5.73 Å². The van der Waals surface area contributed by atoms with Crippen LogP contribution in [0.15, 0.2) is 12.1 Å². The van der Waals surface area contributed by atoms with Crippen molar-refractivity contribution < 1.29 is 8.78 Å². The van der Waals surface area contributed by atoms with E-state index in [0.717, 1.165) is 0 Å². The van der Waals surface area contributed by atoms with Gasteiger partial charge in [0, 0.05) is 20.1 Å². The Bertz CT molecular complexity index is 349. The van der Waals surface area contributed by atoms with Crippen LogP contribution in [-0.2, 0) is 6.42 Å². The lowest BCUT2D eigenvalue weighted by atomic mass is 10.1. The Morgan fingerprint density at radius 1 is 1.33 bits per heavy atom. The highest BCUT2D eigenvalue weighted by molar-refractivity contribution is 5.49. The first-order valence-corrected chi connectivity index (χ1v) is 4.82. The van der Waals surface area contributed by atoms with Crippen molar-refractivity contribution in [2.45, 2.75) is 19.4 Å². The minimum Gasteiger partial charge on any atom is -0.375 e. The SMILES string of the molecule is CC(N)Cc1cc(F)c(F)c(N(C)C)c1. The molecule has 0 amide bonds. The van der Waals surface area contributed by atoms with E-state index < -0.39 is 11.6 Å². The van der Waals surface area contributed by atoms with E-state index in [1.807, 2.05) is 6.92 Å². The minimum atomic E-state index is -0.822. The number of nitrogens with zero attached hydrogens (tertiary/aromatic N) is 1. The van der Waals surface area contributed by atoms with E-state index >= 15 is 0 Å². The molecular formula is C11H16F2N2. The molecule has 0 aromatic heterocycles. The fourth-order valence-corrected chi connectivity index (χ4v) is 1.44. The van der Waals surface area contributed by atoms with E-state index in [2.05, 4.69) is 0 Å². The van der Waals surface area contributed by atoms with Crippen LogP contribution in [0.2, 0.25) is 0 Å². The van der Waals surface area contributed by atoms with E-state index in [1.165, 1.54) is 6.07 Å². The number of rotatable bonds is 3. The number of hydrogen-bond acceptors (Lipinski definition) is 2. The van der Waals surface area contributed by atoms with Crippen molar-refractivity contribution in [3.63, 3.8) is 0 Å². The van der Waals surface area contributed by atoms with Gasteiger partial charge < -0.3 is 10.6 Å². The molecule has 0 saturated heterocycles. The molecule has 84 valence electrons. The fraction of sp³-hybridized carbons (Fsp3) is 0.455. The molecule has 0 aliphatic carbocycles. The van der Waals surface area contributed by atoms with Gasteiger partial charge in [0.1, 0.15) is 0 Å². The second-order valence-corrected chi connectivity index (χ2v) is 3.99. The largest absolute Gasteiger partial charge is 0.375 e. The molecule has 2 nitrogen and oxygen atoms in total. The summed E-state index contributed by atoms with van der Waals surface area (Å²) in [4.78, 5) is 1.54. The van der Waals surface area contributed by atoms with Crippen molar-refractivity contribution in [2.75, 3.05) is 19.0 Å². The van der Waals surface area contributed by atoms with Crippen LogP contribution in [0.4, 0.5) is 14.5 Å². The van der Waals surface area contributed by atoms with Gasteiger partial charge >= 0.3 is 0 Å². The fourth-order valence-electron chi connectivity index (χ4n) is 1.44. The quantitative estimate of drug-likeness (QED) is 0.833. The molecular weight excluding hydrogens is 198 g/mol. The Morgan fingerprint density at radius 2 is 1.93 bits per heavy atom.